The molecule has 6 nitrogen and oxygen atoms in total. The van der Waals surface area contributed by atoms with Crippen LogP contribution in [0.25, 0.3) is 11.0 Å². The van der Waals surface area contributed by atoms with Gasteiger partial charge in [0.15, 0.2) is 0 Å². The van der Waals surface area contributed by atoms with E-state index in [2.05, 4.69) is 15.3 Å². The average molecular weight is 280 g/mol. The molecule has 0 aliphatic carbocycles. The van der Waals surface area contributed by atoms with Gasteiger partial charge < -0.3 is 10.3 Å². The predicted octanol–water partition coefficient (Wildman–Crippen LogP) is 0.545. The first-order chi connectivity index (χ1) is 9.09. The molecule has 0 amide bonds. The summed E-state index contributed by atoms with van der Waals surface area (Å²) in [5, 5.41) is 3.89. The van der Waals surface area contributed by atoms with Crippen molar-refractivity contribution in [2.45, 2.75) is 17.9 Å². The number of hydrogen-bond donors (Lipinski definition) is 2. The third kappa shape index (κ3) is 2.13. The number of nitrogens with one attached hydrogen (secondary N) is 2. The van der Waals surface area contributed by atoms with E-state index in [9.17, 15) is 8.42 Å². The van der Waals surface area contributed by atoms with E-state index in [0.717, 1.165) is 0 Å². The molecular formula is C12H16N4O2S. The maximum atomic E-state index is 12.7. The first kappa shape index (κ1) is 12.6. The highest BCUT2D eigenvalue weighted by atomic mass is 32.2. The summed E-state index contributed by atoms with van der Waals surface area (Å²) in [5.41, 5.74) is 0.601. The maximum Gasteiger partial charge on any atom is 0.245 e. The predicted molar refractivity (Wildman–Crippen MR) is 72.3 cm³/mol. The molecular weight excluding hydrogens is 264 g/mol. The number of pyridine rings is 1. The van der Waals surface area contributed by atoms with Crippen LogP contribution in [0.1, 0.15) is 6.92 Å². The minimum absolute atomic E-state index is 0.173. The Morgan fingerprint density at radius 3 is 3.11 bits per heavy atom. The monoisotopic (exact) mass is 280 g/mol. The van der Waals surface area contributed by atoms with Crippen LogP contribution in [-0.4, -0.2) is 48.4 Å². The zero-order valence-electron chi connectivity index (χ0n) is 10.6. The molecule has 3 heterocycles. The van der Waals surface area contributed by atoms with E-state index in [1.165, 1.54) is 10.5 Å². The molecule has 2 aromatic rings. The molecule has 19 heavy (non-hydrogen) atoms. The van der Waals surface area contributed by atoms with Crippen LogP contribution < -0.4 is 5.32 Å². The number of piperazine rings is 1. The molecule has 1 aliphatic rings. The number of H-pyrrole nitrogens is 1. The van der Waals surface area contributed by atoms with E-state index in [4.69, 9.17) is 0 Å². The Balaban J connectivity index is 2.04. The second-order valence-electron chi connectivity index (χ2n) is 4.77. The summed E-state index contributed by atoms with van der Waals surface area (Å²) in [6.07, 6.45) is 3.17. The molecule has 0 saturated carbocycles. The number of sulfonamides is 1. The van der Waals surface area contributed by atoms with Gasteiger partial charge in [0.2, 0.25) is 10.0 Å². The van der Waals surface area contributed by atoms with Gasteiger partial charge in [-0.1, -0.05) is 0 Å². The number of nitrogens with zero attached hydrogens (tertiary/aromatic N) is 2. The van der Waals surface area contributed by atoms with Crippen molar-refractivity contribution in [2.24, 2.45) is 0 Å². The maximum absolute atomic E-state index is 12.7. The molecule has 0 spiro atoms. The molecule has 2 N–H and O–H groups in total. The fraction of sp³-hybridized carbons (Fsp3) is 0.417. The van der Waals surface area contributed by atoms with Gasteiger partial charge in [-0.2, -0.15) is 4.31 Å². The van der Waals surface area contributed by atoms with E-state index in [0.29, 0.717) is 35.6 Å². The van der Waals surface area contributed by atoms with Crippen LogP contribution in [0.3, 0.4) is 0 Å². The van der Waals surface area contributed by atoms with Crippen LogP contribution in [0, 0.1) is 0 Å². The van der Waals surface area contributed by atoms with E-state index < -0.39 is 10.0 Å². The summed E-state index contributed by atoms with van der Waals surface area (Å²) in [7, 11) is -3.46. The Morgan fingerprint density at radius 2 is 2.32 bits per heavy atom. The third-order valence-corrected chi connectivity index (χ3v) is 5.27. The lowest BCUT2D eigenvalue weighted by molar-refractivity contribution is 0.310. The highest BCUT2D eigenvalue weighted by Gasteiger charge is 2.30. The van der Waals surface area contributed by atoms with Gasteiger partial charge in [0.05, 0.1) is 0 Å². The molecule has 1 atom stereocenters. The van der Waals surface area contributed by atoms with E-state index in [1.54, 1.807) is 18.3 Å². The highest BCUT2D eigenvalue weighted by molar-refractivity contribution is 7.89. The van der Waals surface area contributed by atoms with Crippen LogP contribution in [0.5, 0.6) is 0 Å². The van der Waals surface area contributed by atoms with Gasteiger partial charge in [-0.25, -0.2) is 13.4 Å². The van der Waals surface area contributed by atoms with E-state index in [1.807, 2.05) is 6.92 Å². The van der Waals surface area contributed by atoms with Gasteiger partial charge in [-0.15, -0.1) is 0 Å². The second kappa shape index (κ2) is 4.59. The van der Waals surface area contributed by atoms with Crippen molar-refractivity contribution >= 4 is 21.1 Å². The van der Waals surface area contributed by atoms with Gasteiger partial charge in [-0.3, -0.25) is 0 Å². The largest absolute Gasteiger partial charge is 0.345 e. The van der Waals surface area contributed by atoms with Crippen molar-refractivity contribution in [3.8, 4) is 0 Å². The van der Waals surface area contributed by atoms with Crippen molar-refractivity contribution in [3.05, 3.63) is 24.5 Å². The van der Waals surface area contributed by atoms with Gasteiger partial charge in [-0.05, 0) is 19.1 Å². The molecule has 0 aromatic carbocycles. The van der Waals surface area contributed by atoms with Crippen LogP contribution >= 0.6 is 0 Å². The molecule has 7 heteroatoms. The number of fused-ring (bicyclic) bond motifs is 1. The molecule has 1 fully saturated rings. The topological polar surface area (TPSA) is 78.1 Å². The Bertz CT molecular complexity index is 695. The summed E-state index contributed by atoms with van der Waals surface area (Å²) in [4.78, 5) is 7.35. The van der Waals surface area contributed by atoms with Crippen molar-refractivity contribution in [1.29, 1.82) is 0 Å². The normalized spacial score (nSPS) is 21.8. The van der Waals surface area contributed by atoms with Gasteiger partial charge in [0, 0.05) is 43.5 Å². The SMILES string of the molecule is CC1CN(S(=O)(=O)c2c[nH]c3ncccc23)CCN1. The summed E-state index contributed by atoms with van der Waals surface area (Å²) >= 11 is 0. The summed E-state index contributed by atoms with van der Waals surface area (Å²) in [6, 6.07) is 3.69. The fourth-order valence-corrected chi connectivity index (χ4v) is 4.08. The number of rotatable bonds is 2. The van der Waals surface area contributed by atoms with Crippen molar-refractivity contribution in [2.75, 3.05) is 19.6 Å². The van der Waals surface area contributed by atoms with Gasteiger partial charge >= 0.3 is 0 Å². The number of aromatic nitrogens is 2. The van der Waals surface area contributed by atoms with E-state index in [-0.39, 0.29) is 6.04 Å². The molecule has 102 valence electrons. The zero-order valence-corrected chi connectivity index (χ0v) is 11.4. The van der Waals surface area contributed by atoms with Crippen molar-refractivity contribution < 1.29 is 8.42 Å². The molecule has 0 bridgehead atoms. The Morgan fingerprint density at radius 1 is 1.47 bits per heavy atom. The van der Waals surface area contributed by atoms with Crippen LogP contribution in [-0.2, 0) is 10.0 Å². The van der Waals surface area contributed by atoms with Crippen LogP contribution in [0.4, 0.5) is 0 Å². The first-order valence-electron chi connectivity index (χ1n) is 6.24. The van der Waals surface area contributed by atoms with E-state index >= 15 is 0 Å². The minimum Gasteiger partial charge on any atom is -0.345 e. The lowest BCUT2D eigenvalue weighted by atomic mass is 10.3. The smallest absolute Gasteiger partial charge is 0.245 e. The summed E-state index contributed by atoms with van der Waals surface area (Å²) in [6.45, 7) is 3.66. The summed E-state index contributed by atoms with van der Waals surface area (Å²) in [5.74, 6) is 0. The Kier molecular flexibility index (Phi) is 3.04. The quantitative estimate of drug-likeness (QED) is 0.842. The Hall–Kier alpha value is -1.44. The highest BCUT2D eigenvalue weighted by Crippen LogP contribution is 2.24. The molecule has 0 radical (unpaired) electrons. The number of hydrogen-bond acceptors (Lipinski definition) is 4. The van der Waals surface area contributed by atoms with Crippen molar-refractivity contribution in [3.63, 3.8) is 0 Å². The third-order valence-electron chi connectivity index (χ3n) is 3.36. The van der Waals surface area contributed by atoms with Crippen molar-refractivity contribution in [1.82, 2.24) is 19.6 Å². The zero-order chi connectivity index (χ0) is 13.5. The lowest BCUT2D eigenvalue weighted by Gasteiger charge is -2.30. The van der Waals surface area contributed by atoms with Gasteiger partial charge in [0.1, 0.15) is 10.5 Å². The lowest BCUT2D eigenvalue weighted by Crippen LogP contribution is -2.51. The fourth-order valence-electron chi connectivity index (χ4n) is 2.40. The average Bonchev–Trinajstić information content (AvgIpc) is 2.83. The molecule has 3 rings (SSSR count). The van der Waals surface area contributed by atoms with Gasteiger partial charge in [0.25, 0.3) is 0 Å². The molecule has 1 aliphatic heterocycles. The molecule has 1 unspecified atom stereocenters. The molecule has 1 saturated heterocycles. The number of aromatic amines is 1. The first-order valence-corrected chi connectivity index (χ1v) is 7.68. The minimum atomic E-state index is -3.46. The standard InChI is InChI=1S/C12H16N4O2S/c1-9-8-16(6-5-13-9)19(17,18)11-7-15-12-10(11)3-2-4-14-12/h2-4,7,9,13H,5-6,8H2,1H3,(H,14,15). The van der Waals surface area contributed by atoms with Crippen LogP contribution in [0.15, 0.2) is 29.4 Å². The van der Waals surface area contributed by atoms with Crippen LogP contribution in [0.2, 0.25) is 0 Å². The Labute approximate surface area is 111 Å². The summed E-state index contributed by atoms with van der Waals surface area (Å²) < 4.78 is 26.8. The molecule has 2 aromatic heterocycles. The second-order valence-corrected chi connectivity index (χ2v) is 6.68.